The molecule has 1 unspecified atom stereocenters. The van der Waals surface area contributed by atoms with Crippen molar-refractivity contribution in [2.75, 3.05) is 13.1 Å². The van der Waals surface area contributed by atoms with E-state index in [0.717, 1.165) is 32.1 Å². The summed E-state index contributed by atoms with van der Waals surface area (Å²) in [4.78, 5) is 119. The van der Waals surface area contributed by atoms with Crippen molar-refractivity contribution >= 4 is 47.3 Å². The molecule has 0 bridgehead atoms. The van der Waals surface area contributed by atoms with Crippen LogP contribution in [0.2, 0.25) is 0 Å². The van der Waals surface area contributed by atoms with Crippen molar-refractivity contribution in [1.29, 1.82) is 0 Å². The molecule has 13 N–H and O–H groups in total. The molecule has 21 nitrogen and oxygen atoms in total. The van der Waals surface area contributed by atoms with E-state index in [1.54, 1.807) is 19.1 Å². The Balaban J connectivity index is 1.89. The summed E-state index contributed by atoms with van der Waals surface area (Å²) in [5, 5.41) is 37.2. The molecule has 402 valence electrons. The average Bonchev–Trinajstić information content (AvgIpc) is 4.06. The lowest BCUT2D eigenvalue weighted by atomic mass is 9.96. The number of primary amides is 1. The van der Waals surface area contributed by atoms with Crippen LogP contribution in [-0.2, 0) is 51.2 Å². The lowest BCUT2D eigenvalue weighted by Crippen LogP contribution is -2.61. The van der Waals surface area contributed by atoms with Crippen LogP contribution in [0, 0.1) is 11.8 Å². The van der Waals surface area contributed by atoms with E-state index in [4.69, 9.17) is 11.5 Å². The Morgan fingerprint density at radius 1 is 0.750 bits per heavy atom. The lowest BCUT2D eigenvalue weighted by molar-refractivity contribution is -0.144. The fourth-order valence-corrected chi connectivity index (χ4v) is 8.59. The van der Waals surface area contributed by atoms with E-state index in [9.17, 15) is 48.6 Å². The summed E-state index contributed by atoms with van der Waals surface area (Å²) in [6.07, 6.45) is 9.89. The highest BCUT2D eigenvalue weighted by Crippen LogP contribution is 2.22. The van der Waals surface area contributed by atoms with Crippen molar-refractivity contribution in [2.24, 2.45) is 23.3 Å². The van der Waals surface area contributed by atoms with Crippen molar-refractivity contribution in [3.8, 4) is 5.75 Å². The molecule has 9 atom stereocenters. The second-order valence-corrected chi connectivity index (χ2v) is 19.6. The van der Waals surface area contributed by atoms with Crippen molar-refractivity contribution in [3.63, 3.8) is 0 Å². The number of carbonyl (C=O) groups is 8. The summed E-state index contributed by atoms with van der Waals surface area (Å²) in [5.74, 6) is -5.79. The number of aromatic amines is 1. The van der Waals surface area contributed by atoms with Crippen LogP contribution in [-0.4, -0.2) is 134 Å². The molecule has 1 aliphatic rings. The predicted octanol–water partition coefficient (Wildman–Crippen LogP) is 1.64. The van der Waals surface area contributed by atoms with Gasteiger partial charge in [-0.15, -0.1) is 0 Å². The highest BCUT2D eigenvalue weighted by atomic mass is 16.3. The molecule has 72 heavy (non-hydrogen) atoms. The van der Waals surface area contributed by atoms with Gasteiger partial charge in [-0.25, -0.2) is 4.98 Å². The summed E-state index contributed by atoms with van der Waals surface area (Å²) in [6.45, 7) is 11.3. The Hall–Kier alpha value is -6.09. The number of imidazole rings is 1. The molecular weight excluding hydrogens is 927 g/mol. The van der Waals surface area contributed by atoms with Crippen molar-refractivity contribution in [1.82, 2.24) is 46.8 Å². The lowest BCUT2D eigenvalue weighted by Gasteiger charge is -2.32. The minimum absolute atomic E-state index is 0.0116. The Kier molecular flexibility index (Phi) is 26.2. The van der Waals surface area contributed by atoms with Gasteiger partial charge in [-0.05, 0) is 87.9 Å². The van der Waals surface area contributed by atoms with Crippen LogP contribution in [0.25, 0.3) is 0 Å². The van der Waals surface area contributed by atoms with Gasteiger partial charge in [0.1, 0.15) is 48.0 Å². The zero-order valence-corrected chi connectivity index (χ0v) is 43.2. The number of hydrogen-bond donors (Lipinski definition) is 11. The third kappa shape index (κ3) is 20.2. The number of aromatic hydroxyl groups is 1. The molecule has 1 saturated heterocycles. The topological polar surface area (TPSA) is 333 Å². The number of carbonyl (C=O) groups excluding carboxylic acids is 8. The van der Waals surface area contributed by atoms with Crippen molar-refractivity contribution < 1.29 is 48.6 Å². The first-order valence-electron chi connectivity index (χ1n) is 25.8. The van der Waals surface area contributed by atoms with Crippen LogP contribution >= 0.6 is 0 Å². The Morgan fingerprint density at radius 3 is 1.96 bits per heavy atom. The maximum Gasteiger partial charge on any atom is 0.248 e. The number of likely N-dealkylation sites (tertiary alicyclic amines) is 1. The minimum Gasteiger partial charge on any atom is -0.508 e. The largest absolute Gasteiger partial charge is 0.508 e. The summed E-state index contributed by atoms with van der Waals surface area (Å²) >= 11 is 0. The SMILES string of the molecule is CCCCCCCCC(=O)N[C@H](C(=O)N1CCC[C@H]1C(=O)N[C@H](C(=O)N[C@@H](Cc1ccc(O)cc1)C(=O)N[C@@H](Cc1cnc[nH]1)C(=O)N[C@@H](CCCCN)C(=O)N[C@@H](CC(C)C)C(N)=O)C(C)CC)[C@@H](C)O. The van der Waals surface area contributed by atoms with E-state index >= 15 is 0 Å². The van der Waals surface area contributed by atoms with Crippen LogP contribution in [0.15, 0.2) is 36.8 Å². The molecule has 0 aliphatic carbocycles. The molecular formula is C51H83N11O10. The highest BCUT2D eigenvalue weighted by molar-refractivity contribution is 5.98. The number of nitrogens with one attached hydrogen (secondary N) is 7. The van der Waals surface area contributed by atoms with Gasteiger partial charge in [-0.1, -0.05) is 85.3 Å². The molecule has 8 amide bonds. The molecule has 21 heteroatoms. The molecule has 0 saturated carbocycles. The molecule has 1 aromatic carbocycles. The molecule has 1 aromatic heterocycles. The number of hydrogen-bond acceptors (Lipinski definition) is 12. The van der Waals surface area contributed by atoms with Gasteiger partial charge in [-0.2, -0.15) is 0 Å². The predicted molar refractivity (Wildman–Crippen MR) is 271 cm³/mol. The Morgan fingerprint density at radius 2 is 1.36 bits per heavy atom. The van der Waals surface area contributed by atoms with Crippen LogP contribution in [0.5, 0.6) is 5.75 Å². The fraction of sp³-hybridized carbons (Fsp3) is 0.667. The number of phenolic OH excluding ortho intramolecular Hbond substituents is 1. The van der Waals surface area contributed by atoms with E-state index in [1.165, 1.54) is 36.5 Å². The van der Waals surface area contributed by atoms with Gasteiger partial charge in [0.15, 0.2) is 0 Å². The van der Waals surface area contributed by atoms with Crippen LogP contribution < -0.4 is 43.4 Å². The molecule has 3 rings (SSSR count). The smallest absolute Gasteiger partial charge is 0.248 e. The number of aromatic nitrogens is 2. The molecule has 2 heterocycles. The highest BCUT2D eigenvalue weighted by Gasteiger charge is 2.41. The zero-order valence-electron chi connectivity index (χ0n) is 43.2. The van der Waals surface area contributed by atoms with Crippen LogP contribution in [0.1, 0.15) is 143 Å². The van der Waals surface area contributed by atoms with Gasteiger partial charge < -0.3 is 63.5 Å². The van der Waals surface area contributed by atoms with Crippen LogP contribution in [0.4, 0.5) is 0 Å². The standard InChI is InChI=1S/C51H83N11O10/c1-7-9-10-11-12-13-19-42(65)60-44(33(6)63)51(72)62-25-16-18-41(62)49(70)61-43(32(5)8-2)50(71)59-39(27-34-20-22-36(64)23-21-34)47(68)58-40(28-35-29-54-30-55-35)48(69)56-37(17-14-15-24-52)46(67)57-38(45(53)66)26-31(3)4/h20-23,29-33,37-41,43-44,63-64H,7-19,24-28,52H2,1-6H3,(H2,53,66)(H,54,55)(H,56,69)(H,57,67)(H,58,68)(H,59,71)(H,60,65)(H,61,70)/t32?,33-,37+,38+,39+,40+,41+,43+,44+/m1/s1. The third-order valence-corrected chi connectivity index (χ3v) is 13.0. The second kappa shape index (κ2) is 31.4. The summed E-state index contributed by atoms with van der Waals surface area (Å²) < 4.78 is 0. The molecule has 0 spiro atoms. The number of amides is 8. The van der Waals surface area contributed by atoms with Crippen molar-refractivity contribution in [2.45, 2.75) is 193 Å². The number of H-pyrrole nitrogens is 1. The minimum atomic E-state index is -1.37. The Labute approximate surface area is 424 Å². The van der Waals surface area contributed by atoms with Gasteiger partial charge in [0, 0.05) is 37.7 Å². The quantitative estimate of drug-likeness (QED) is 0.0455. The number of benzene rings is 1. The van der Waals surface area contributed by atoms with E-state index < -0.39 is 95.7 Å². The fourth-order valence-electron chi connectivity index (χ4n) is 8.59. The first kappa shape index (κ1) is 60.2. The Bertz CT molecular complexity index is 2030. The number of rotatable bonds is 33. The third-order valence-electron chi connectivity index (χ3n) is 13.0. The van der Waals surface area contributed by atoms with Gasteiger partial charge in [0.25, 0.3) is 0 Å². The molecule has 1 aliphatic heterocycles. The number of aliphatic hydroxyl groups is 1. The van der Waals surface area contributed by atoms with E-state index in [1.807, 2.05) is 20.8 Å². The average molecular weight is 1010 g/mol. The number of nitrogens with zero attached hydrogens (tertiary/aromatic N) is 2. The maximum atomic E-state index is 14.6. The summed E-state index contributed by atoms with van der Waals surface area (Å²) in [6, 6.07) is -2.41. The van der Waals surface area contributed by atoms with Gasteiger partial charge in [0.2, 0.25) is 47.3 Å². The first-order chi connectivity index (χ1) is 34.3. The number of nitrogens with two attached hydrogens (primary N) is 2. The first-order valence-corrected chi connectivity index (χ1v) is 25.8. The molecule has 1 fully saturated rings. The van der Waals surface area contributed by atoms with Crippen LogP contribution in [0.3, 0.4) is 0 Å². The van der Waals surface area contributed by atoms with Gasteiger partial charge in [-0.3, -0.25) is 38.4 Å². The molecule has 0 radical (unpaired) electrons. The second-order valence-electron chi connectivity index (χ2n) is 19.6. The van der Waals surface area contributed by atoms with Crippen molar-refractivity contribution in [3.05, 3.63) is 48.0 Å². The van der Waals surface area contributed by atoms with Gasteiger partial charge in [0.05, 0.1) is 12.4 Å². The van der Waals surface area contributed by atoms with E-state index in [-0.39, 0.29) is 62.6 Å². The maximum absolute atomic E-state index is 14.6. The van der Waals surface area contributed by atoms with E-state index in [2.05, 4.69) is 48.8 Å². The summed E-state index contributed by atoms with van der Waals surface area (Å²) in [7, 11) is 0. The monoisotopic (exact) mass is 1010 g/mol. The van der Waals surface area contributed by atoms with Gasteiger partial charge >= 0.3 is 0 Å². The number of aliphatic hydroxyl groups excluding tert-OH is 1. The number of unbranched alkanes of at least 4 members (excludes halogenated alkanes) is 6. The zero-order chi connectivity index (χ0) is 53.3. The number of phenols is 1. The normalized spacial score (nSPS) is 16.8. The molecule has 2 aromatic rings. The summed E-state index contributed by atoms with van der Waals surface area (Å²) in [5.41, 5.74) is 12.3. The van der Waals surface area contributed by atoms with E-state index in [0.29, 0.717) is 49.9 Å².